The highest BCUT2D eigenvalue weighted by Crippen LogP contribution is 2.44. The quantitative estimate of drug-likeness (QED) is 0.353. The number of anilines is 1. The van der Waals surface area contributed by atoms with E-state index < -0.39 is 0 Å². The number of aromatic nitrogens is 4. The van der Waals surface area contributed by atoms with E-state index in [1.165, 1.54) is 86.4 Å². The first-order chi connectivity index (χ1) is 20.2. The van der Waals surface area contributed by atoms with Gasteiger partial charge in [-0.15, -0.1) is 0 Å². The molecule has 5 fully saturated rings. The lowest BCUT2D eigenvalue weighted by atomic mass is 9.95. The van der Waals surface area contributed by atoms with E-state index in [4.69, 9.17) is 19.7 Å². The molecule has 6 heterocycles. The zero-order valence-corrected chi connectivity index (χ0v) is 23.8. The van der Waals surface area contributed by atoms with Crippen LogP contribution in [-0.4, -0.2) is 74.8 Å². The molecular weight excluding hydrogens is 510 g/mol. The molecule has 2 bridgehead atoms. The van der Waals surface area contributed by atoms with E-state index in [-0.39, 0.29) is 5.54 Å². The SMILES string of the molecule is c1cc(Cn2cnc3c(OCC45CCCN4CCC5)nc(N4CC5CCC(C4)N5)nc32)c2c(C3CC3)cccc2c1. The Morgan fingerprint density at radius 1 is 0.927 bits per heavy atom. The maximum atomic E-state index is 6.69. The molecule has 2 atom stereocenters. The molecule has 4 saturated heterocycles. The summed E-state index contributed by atoms with van der Waals surface area (Å²) >= 11 is 0. The predicted molar refractivity (Wildman–Crippen MR) is 161 cm³/mol. The summed E-state index contributed by atoms with van der Waals surface area (Å²) in [6.07, 6.45) is 12.0. The molecule has 1 saturated carbocycles. The van der Waals surface area contributed by atoms with Crippen molar-refractivity contribution in [2.24, 2.45) is 0 Å². The Bertz CT molecular complexity index is 1600. The molecule has 0 radical (unpaired) electrons. The van der Waals surface area contributed by atoms with Gasteiger partial charge < -0.3 is 19.5 Å². The predicted octanol–water partition coefficient (Wildman–Crippen LogP) is 4.85. The first-order valence-corrected chi connectivity index (χ1v) is 15.8. The molecule has 1 aliphatic carbocycles. The second-order valence-electron chi connectivity index (χ2n) is 13.3. The van der Waals surface area contributed by atoms with Crippen LogP contribution in [0.2, 0.25) is 0 Å². The van der Waals surface area contributed by atoms with E-state index in [0.717, 1.165) is 36.7 Å². The number of fused-ring (bicyclic) bond motifs is 5. The van der Waals surface area contributed by atoms with Gasteiger partial charge >= 0.3 is 0 Å². The highest BCUT2D eigenvalue weighted by molar-refractivity contribution is 5.90. The van der Waals surface area contributed by atoms with Crippen molar-refractivity contribution in [1.82, 2.24) is 29.7 Å². The smallest absolute Gasteiger partial charge is 0.247 e. The van der Waals surface area contributed by atoms with Gasteiger partial charge in [-0.3, -0.25) is 4.90 Å². The summed E-state index contributed by atoms with van der Waals surface area (Å²) in [5.41, 5.74) is 4.65. The number of piperazine rings is 1. The molecule has 2 unspecified atom stereocenters. The van der Waals surface area contributed by atoms with E-state index in [1.54, 1.807) is 0 Å². The van der Waals surface area contributed by atoms with Crippen LogP contribution in [0, 0.1) is 0 Å². The highest BCUT2D eigenvalue weighted by Gasteiger charge is 2.45. The lowest BCUT2D eigenvalue weighted by Crippen LogP contribution is -2.51. The third kappa shape index (κ3) is 4.13. The number of ether oxygens (including phenoxy) is 1. The lowest BCUT2D eigenvalue weighted by molar-refractivity contribution is 0.111. The fourth-order valence-corrected chi connectivity index (χ4v) is 8.39. The molecule has 8 heteroatoms. The number of imidazole rings is 1. The Labute approximate surface area is 241 Å². The summed E-state index contributed by atoms with van der Waals surface area (Å²) in [5, 5.41) is 6.48. The van der Waals surface area contributed by atoms with Crippen LogP contribution in [0.4, 0.5) is 5.95 Å². The molecular formula is C33H39N7O. The van der Waals surface area contributed by atoms with Crippen LogP contribution < -0.4 is 15.0 Å². The number of nitrogens with one attached hydrogen (secondary N) is 1. The first-order valence-electron chi connectivity index (χ1n) is 15.8. The molecule has 2 aromatic heterocycles. The van der Waals surface area contributed by atoms with E-state index in [0.29, 0.717) is 30.5 Å². The third-order valence-electron chi connectivity index (χ3n) is 10.6. The molecule has 41 heavy (non-hydrogen) atoms. The van der Waals surface area contributed by atoms with Gasteiger partial charge in [0.2, 0.25) is 11.8 Å². The van der Waals surface area contributed by atoms with Crippen LogP contribution in [0.25, 0.3) is 21.9 Å². The van der Waals surface area contributed by atoms with Gasteiger partial charge in [0.15, 0.2) is 11.2 Å². The van der Waals surface area contributed by atoms with Gasteiger partial charge in [-0.1, -0.05) is 36.4 Å². The van der Waals surface area contributed by atoms with Gasteiger partial charge in [-0.25, -0.2) is 4.98 Å². The standard InChI is InChI=1S/C33H39N7O/c1-5-23-6-2-8-27(22-9-10-22)28(23)24(7-1)17-39-21-34-29-30(39)36-32(38-18-25-11-12-26(19-38)35-25)37-31(29)41-20-33-13-3-15-40(33)16-4-14-33/h1-2,5-8,21-22,25-26,35H,3-4,9-20H2. The Morgan fingerprint density at radius 2 is 1.71 bits per heavy atom. The third-order valence-corrected chi connectivity index (χ3v) is 10.6. The van der Waals surface area contributed by atoms with Crippen LogP contribution >= 0.6 is 0 Å². The fourth-order valence-electron chi connectivity index (χ4n) is 8.39. The summed E-state index contributed by atoms with van der Waals surface area (Å²) in [6.45, 7) is 5.70. The summed E-state index contributed by atoms with van der Waals surface area (Å²) in [7, 11) is 0. The van der Waals surface area contributed by atoms with Crippen molar-refractivity contribution in [2.75, 3.05) is 37.7 Å². The maximum Gasteiger partial charge on any atom is 0.247 e. The maximum absolute atomic E-state index is 6.69. The molecule has 0 spiro atoms. The first kappa shape index (κ1) is 24.4. The summed E-state index contributed by atoms with van der Waals surface area (Å²) in [4.78, 5) is 20.2. The van der Waals surface area contributed by atoms with Crippen molar-refractivity contribution in [3.05, 3.63) is 53.9 Å². The average molecular weight is 550 g/mol. The van der Waals surface area contributed by atoms with Gasteiger partial charge in [0.25, 0.3) is 0 Å². The summed E-state index contributed by atoms with van der Waals surface area (Å²) in [6, 6.07) is 14.5. The number of benzene rings is 2. The van der Waals surface area contributed by atoms with Crippen LogP contribution in [0.3, 0.4) is 0 Å². The molecule has 2 aromatic carbocycles. The second-order valence-corrected chi connectivity index (χ2v) is 13.3. The molecule has 0 amide bonds. The minimum atomic E-state index is 0.163. The lowest BCUT2D eigenvalue weighted by Gasteiger charge is -2.33. The van der Waals surface area contributed by atoms with Gasteiger partial charge in [0, 0.05) is 25.2 Å². The van der Waals surface area contributed by atoms with E-state index in [2.05, 4.69) is 56.1 Å². The van der Waals surface area contributed by atoms with Gasteiger partial charge in [-0.2, -0.15) is 9.97 Å². The van der Waals surface area contributed by atoms with Crippen molar-refractivity contribution in [1.29, 1.82) is 0 Å². The topological polar surface area (TPSA) is 71.3 Å². The number of hydrogen-bond acceptors (Lipinski definition) is 7. The molecule has 5 aliphatic rings. The number of nitrogens with zero attached hydrogens (tertiary/aromatic N) is 6. The monoisotopic (exact) mass is 549 g/mol. The minimum absolute atomic E-state index is 0.163. The number of rotatable bonds is 7. The molecule has 9 rings (SSSR count). The van der Waals surface area contributed by atoms with Crippen molar-refractivity contribution >= 4 is 27.9 Å². The van der Waals surface area contributed by atoms with Crippen molar-refractivity contribution in [2.45, 2.75) is 81.5 Å². The van der Waals surface area contributed by atoms with E-state index >= 15 is 0 Å². The van der Waals surface area contributed by atoms with Crippen LogP contribution in [0.5, 0.6) is 5.88 Å². The Kier molecular flexibility index (Phi) is 5.58. The molecule has 212 valence electrons. The zero-order chi connectivity index (χ0) is 27.0. The molecule has 8 nitrogen and oxygen atoms in total. The molecule has 1 N–H and O–H groups in total. The zero-order valence-electron chi connectivity index (χ0n) is 23.8. The van der Waals surface area contributed by atoms with Gasteiger partial charge in [0.05, 0.1) is 18.4 Å². The largest absolute Gasteiger partial charge is 0.474 e. The molecule has 4 aromatic rings. The number of hydrogen-bond donors (Lipinski definition) is 1. The Balaban J connectivity index is 1.11. The van der Waals surface area contributed by atoms with Crippen LogP contribution in [0.15, 0.2) is 42.7 Å². The van der Waals surface area contributed by atoms with Crippen molar-refractivity contribution in [3.63, 3.8) is 0 Å². The normalized spacial score (nSPS) is 25.4. The average Bonchev–Trinajstić information content (AvgIpc) is 3.26. The minimum Gasteiger partial charge on any atom is -0.474 e. The second kappa shape index (κ2) is 9.39. The summed E-state index contributed by atoms with van der Waals surface area (Å²) in [5.74, 6) is 2.14. The van der Waals surface area contributed by atoms with Crippen molar-refractivity contribution < 1.29 is 4.74 Å². The van der Waals surface area contributed by atoms with Crippen LogP contribution in [-0.2, 0) is 6.54 Å². The molecule has 4 aliphatic heterocycles. The van der Waals surface area contributed by atoms with Crippen LogP contribution in [0.1, 0.15) is 68.4 Å². The summed E-state index contributed by atoms with van der Waals surface area (Å²) < 4.78 is 8.91. The Hall–Kier alpha value is -3.23. The Morgan fingerprint density at radius 3 is 2.49 bits per heavy atom. The van der Waals surface area contributed by atoms with E-state index in [9.17, 15) is 0 Å². The fraction of sp³-hybridized carbons (Fsp3) is 0.545. The van der Waals surface area contributed by atoms with Crippen molar-refractivity contribution in [3.8, 4) is 5.88 Å². The van der Waals surface area contributed by atoms with Gasteiger partial charge in [0.1, 0.15) is 6.61 Å². The highest BCUT2D eigenvalue weighted by atomic mass is 16.5. The van der Waals surface area contributed by atoms with E-state index in [1.807, 2.05) is 6.33 Å². The van der Waals surface area contributed by atoms with Gasteiger partial charge in [-0.05, 0) is 92.3 Å².